The maximum atomic E-state index is 12.8. The molecule has 0 bridgehead atoms. The van der Waals surface area contributed by atoms with E-state index in [1.165, 1.54) is 4.88 Å². The summed E-state index contributed by atoms with van der Waals surface area (Å²) in [5, 5.41) is 2.93. The molecule has 0 aromatic carbocycles. The van der Waals surface area contributed by atoms with Crippen LogP contribution in [0.15, 0.2) is 12.1 Å². The standard InChI is InChI=1S/C19H27N3O3S/c23-18-7-11-21(12-8-20-18)14-5-9-22(10-6-14)19(24)17-4-3-16(26-17)15-2-1-13-25-15/h3-4,14-15H,1-2,5-13H2,(H,20,23). The zero-order valence-corrected chi connectivity index (χ0v) is 15.9. The van der Waals surface area contributed by atoms with Crippen LogP contribution in [-0.2, 0) is 9.53 Å². The predicted octanol–water partition coefficient (Wildman–Crippen LogP) is 2.03. The second-order valence-electron chi connectivity index (χ2n) is 7.36. The first-order valence-electron chi connectivity index (χ1n) is 9.72. The van der Waals surface area contributed by atoms with Gasteiger partial charge in [-0.3, -0.25) is 14.5 Å². The fourth-order valence-electron chi connectivity index (χ4n) is 4.18. The fraction of sp³-hybridized carbons (Fsp3) is 0.684. The van der Waals surface area contributed by atoms with Crippen LogP contribution in [0.2, 0.25) is 0 Å². The number of hydrogen-bond donors (Lipinski definition) is 1. The van der Waals surface area contributed by atoms with E-state index in [0.717, 1.165) is 69.9 Å². The molecule has 3 aliphatic rings. The second kappa shape index (κ2) is 8.06. The lowest BCUT2D eigenvalue weighted by molar-refractivity contribution is -0.120. The summed E-state index contributed by atoms with van der Waals surface area (Å²) in [7, 11) is 0. The molecule has 0 saturated carbocycles. The summed E-state index contributed by atoms with van der Waals surface area (Å²) in [6, 6.07) is 4.50. The number of likely N-dealkylation sites (tertiary alicyclic amines) is 1. The number of carbonyl (C=O) groups is 2. The highest BCUT2D eigenvalue weighted by molar-refractivity contribution is 7.14. The van der Waals surface area contributed by atoms with Gasteiger partial charge in [-0.15, -0.1) is 11.3 Å². The van der Waals surface area contributed by atoms with E-state index in [1.807, 2.05) is 11.0 Å². The number of piperidine rings is 1. The van der Waals surface area contributed by atoms with E-state index in [4.69, 9.17) is 4.74 Å². The molecule has 3 saturated heterocycles. The van der Waals surface area contributed by atoms with Crippen LogP contribution in [0.4, 0.5) is 0 Å². The summed E-state index contributed by atoms with van der Waals surface area (Å²) >= 11 is 1.59. The molecular weight excluding hydrogens is 350 g/mol. The SMILES string of the molecule is O=C1CCN(C2CCN(C(=O)c3ccc(C4CCCO4)s3)CC2)CCN1. The maximum absolute atomic E-state index is 12.8. The van der Waals surface area contributed by atoms with E-state index in [1.54, 1.807) is 11.3 Å². The number of thiophene rings is 1. The molecule has 0 aliphatic carbocycles. The van der Waals surface area contributed by atoms with Crippen molar-refractivity contribution < 1.29 is 14.3 Å². The van der Waals surface area contributed by atoms with Crippen LogP contribution >= 0.6 is 11.3 Å². The van der Waals surface area contributed by atoms with Crippen molar-refractivity contribution in [2.24, 2.45) is 0 Å². The minimum absolute atomic E-state index is 0.153. The van der Waals surface area contributed by atoms with Crippen LogP contribution in [0.25, 0.3) is 0 Å². The van der Waals surface area contributed by atoms with Crippen molar-refractivity contribution in [1.82, 2.24) is 15.1 Å². The number of amides is 2. The summed E-state index contributed by atoms with van der Waals surface area (Å²) in [6.07, 6.45) is 4.92. The Morgan fingerprint density at radius 2 is 2.00 bits per heavy atom. The lowest BCUT2D eigenvalue weighted by Crippen LogP contribution is -2.47. The summed E-state index contributed by atoms with van der Waals surface area (Å²) in [4.78, 5) is 30.8. The number of ether oxygens (including phenoxy) is 1. The highest BCUT2D eigenvalue weighted by Crippen LogP contribution is 2.34. The van der Waals surface area contributed by atoms with Crippen LogP contribution < -0.4 is 5.32 Å². The molecule has 3 aliphatic heterocycles. The van der Waals surface area contributed by atoms with Gasteiger partial charge in [-0.05, 0) is 37.8 Å². The summed E-state index contributed by atoms with van der Waals surface area (Å²) in [5.41, 5.74) is 0. The molecule has 1 N–H and O–H groups in total. The molecule has 6 nitrogen and oxygen atoms in total. The first-order valence-corrected chi connectivity index (χ1v) is 10.5. The lowest BCUT2D eigenvalue weighted by Gasteiger charge is -2.37. The van der Waals surface area contributed by atoms with Crippen LogP contribution in [0.3, 0.4) is 0 Å². The van der Waals surface area contributed by atoms with Crippen molar-refractivity contribution in [3.8, 4) is 0 Å². The Kier molecular flexibility index (Phi) is 5.57. The number of hydrogen-bond acceptors (Lipinski definition) is 5. The van der Waals surface area contributed by atoms with E-state index in [2.05, 4.69) is 16.3 Å². The molecule has 1 aromatic rings. The Morgan fingerprint density at radius 1 is 1.15 bits per heavy atom. The Morgan fingerprint density at radius 3 is 2.77 bits per heavy atom. The molecule has 1 atom stereocenters. The van der Waals surface area contributed by atoms with Gasteiger partial charge in [0.25, 0.3) is 5.91 Å². The van der Waals surface area contributed by atoms with E-state index >= 15 is 0 Å². The number of rotatable bonds is 3. The molecule has 3 fully saturated rings. The van der Waals surface area contributed by atoms with Crippen LogP contribution in [0.5, 0.6) is 0 Å². The van der Waals surface area contributed by atoms with Crippen molar-refractivity contribution >= 4 is 23.2 Å². The van der Waals surface area contributed by atoms with Crippen molar-refractivity contribution in [1.29, 1.82) is 0 Å². The van der Waals surface area contributed by atoms with E-state index in [9.17, 15) is 9.59 Å². The van der Waals surface area contributed by atoms with Crippen LogP contribution in [0.1, 0.15) is 52.8 Å². The normalized spacial score (nSPS) is 25.9. The van der Waals surface area contributed by atoms with Gasteiger partial charge in [0.05, 0.1) is 11.0 Å². The van der Waals surface area contributed by atoms with Gasteiger partial charge in [-0.25, -0.2) is 0 Å². The number of nitrogens with one attached hydrogen (secondary N) is 1. The molecule has 1 unspecified atom stereocenters. The summed E-state index contributed by atoms with van der Waals surface area (Å²) in [5.74, 6) is 0.310. The van der Waals surface area contributed by atoms with Gasteiger partial charge in [0, 0.05) is 56.7 Å². The molecular formula is C19H27N3O3S. The smallest absolute Gasteiger partial charge is 0.263 e. The topological polar surface area (TPSA) is 61.9 Å². The maximum Gasteiger partial charge on any atom is 0.263 e. The first-order chi connectivity index (χ1) is 12.7. The first kappa shape index (κ1) is 17.9. The lowest BCUT2D eigenvalue weighted by atomic mass is 10.0. The monoisotopic (exact) mass is 377 g/mol. The molecule has 2 amide bonds. The molecule has 4 rings (SSSR count). The average molecular weight is 378 g/mol. The van der Waals surface area contributed by atoms with Crippen molar-refractivity contribution in [3.63, 3.8) is 0 Å². The van der Waals surface area contributed by atoms with Crippen LogP contribution in [0, 0.1) is 0 Å². The quantitative estimate of drug-likeness (QED) is 0.876. The van der Waals surface area contributed by atoms with Gasteiger partial charge in [-0.2, -0.15) is 0 Å². The molecule has 7 heteroatoms. The third kappa shape index (κ3) is 3.94. The van der Waals surface area contributed by atoms with Crippen molar-refractivity contribution in [2.75, 3.05) is 39.3 Å². The highest BCUT2D eigenvalue weighted by Gasteiger charge is 2.29. The second-order valence-corrected chi connectivity index (χ2v) is 8.48. The van der Waals surface area contributed by atoms with Gasteiger partial charge in [0.2, 0.25) is 5.91 Å². The number of carbonyl (C=O) groups excluding carboxylic acids is 2. The largest absolute Gasteiger partial charge is 0.373 e. The molecule has 0 radical (unpaired) electrons. The van der Waals surface area contributed by atoms with Crippen molar-refractivity contribution in [2.45, 2.75) is 44.2 Å². The summed E-state index contributed by atoms with van der Waals surface area (Å²) < 4.78 is 5.73. The van der Waals surface area contributed by atoms with Gasteiger partial charge in [0.1, 0.15) is 0 Å². The Bertz CT molecular complexity index is 648. The molecule has 1 aromatic heterocycles. The zero-order valence-electron chi connectivity index (χ0n) is 15.1. The third-order valence-corrected chi connectivity index (χ3v) is 6.87. The Balaban J connectivity index is 1.31. The minimum atomic E-state index is 0.153. The van der Waals surface area contributed by atoms with Gasteiger partial charge >= 0.3 is 0 Å². The van der Waals surface area contributed by atoms with Gasteiger partial charge in [0.15, 0.2) is 0 Å². The molecule has 26 heavy (non-hydrogen) atoms. The van der Waals surface area contributed by atoms with E-state index in [-0.39, 0.29) is 17.9 Å². The van der Waals surface area contributed by atoms with Gasteiger partial charge < -0.3 is 15.0 Å². The molecule has 0 spiro atoms. The molecule has 4 heterocycles. The fourth-order valence-corrected chi connectivity index (χ4v) is 5.24. The van der Waals surface area contributed by atoms with Crippen molar-refractivity contribution in [3.05, 3.63) is 21.9 Å². The van der Waals surface area contributed by atoms with Crippen LogP contribution in [-0.4, -0.2) is 67.0 Å². The predicted molar refractivity (Wildman–Crippen MR) is 100 cm³/mol. The summed E-state index contributed by atoms with van der Waals surface area (Å²) in [6.45, 7) is 4.92. The highest BCUT2D eigenvalue weighted by atomic mass is 32.1. The van der Waals surface area contributed by atoms with E-state index in [0.29, 0.717) is 12.5 Å². The molecule has 142 valence electrons. The Hall–Kier alpha value is -1.44. The third-order valence-electron chi connectivity index (χ3n) is 5.70. The zero-order chi connectivity index (χ0) is 17.9. The Labute approximate surface area is 158 Å². The van der Waals surface area contributed by atoms with Gasteiger partial charge in [-0.1, -0.05) is 0 Å². The minimum Gasteiger partial charge on any atom is -0.373 e. The average Bonchev–Trinajstić information content (AvgIpc) is 3.31. The number of nitrogens with zero attached hydrogens (tertiary/aromatic N) is 2. The van der Waals surface area contributed by atoms with E-state index < -0.39 is 0 Å².